The van der Waals surface area contributed by atoms with E-state index in [1.807, 2.05) is 13.8 Å². The minimum absolute atomic E-state index is 0.169. The molecule has 0 aromatic carbocycles. The highest BCUT2D eigenvalue weighted by Gasteiger charge is 2.35. The fourth-order valence-corrected chi connectivity index (χ4v) is 2.36. The van der Waals surface area contributed by atoms with E-state index in [0.29, 0.717) is 0 Å². The molecule has 2 aliphatic rings. The van der Waals surface area contributed by atoms with E-state index < -0.39 is 11.7 Å². The molecule has 2 aliphatic carbocycles. The number of hydrogen-bond donors (Lipinski definition) is 0. The number of hydrogen-bond acceptors (Lipinski definition) is 0. The van der Waals surface area contributed by atoms with Crippen LogP contribution in [0.1, 0.15) is 59.3 Å². The second-order valence-electron chi connectivity index (χ2n) is 4.69. The summed E-state index contributed by atoms with van der Waals surface area (Å²) in [7, 11) is 0. The number of rotatable bonds is 1. The molecule has 0 unspecified atom stereocenters. The molecular formula is C14H22F2. The van der Waals surface area contributed by atoms with E-state index in [1.165, 1.54) is 12.5 Å². The van der Waals surface area contributed by atoms with Crippen LogP contribution in [0.5, 0.6) is 0 Å². The van der Waals surface area contributed by atoms with Gasteiger partial charge in [-0.25, -0.2) is 8.78 Å². The summed E-state index contributed by atoms with van der Waals surface area (Å²) in [5, 5.41) is 0. The molecular weight excluding hydrogens is 206 g/mol. The van der Waals surface area contributed by atoms with Gasteiger partial charge in [-0.2, -0.15) is 0 Å². The van der Waals surface area contributed by atoms with Gasteiger partial charge in [0.2, 0.25) is 0 Å². The van der Waals surface area contributed by atoms with Crippen LogP contribution in [-0.2, 0) is 0 Å². The lowest BCUT2D eigenvalue weighted by atomic mass is 9.64. The molecule has 0 bridgehead atoms. The lowest BCUT2D eigenvalue weighted by molar-refractivity contribution is 0.207. The average Bonchev–Trinajstić information content (AvgIpc) is 2.42. The molecule has 0 amide bonds. The molecule has 0 aromatic heterocycles. The quantitative estimate of drug-likeness (QED) is 0.558. The molecule has 0 heterocycles. The largest absolute Gasteiger partial charge is 0.209 e. The minimum atomic E-state index is -0.634. The van der Waals surface area contributed by atoms with Crippen molar-refractivity contribution in [3.05, 3.63) is 23.3 Å². The average molecular weight is 228 g/mol. The summed E-state index contributed by atoms with van der Waals surface area (Å²) in [5.41, 5.74) is 1.29. The molecule has 92 valence electrons. The highest BCUT2D eigenvalue weighted by atomic mass is 19.2. The monoisotopic (exact) mass is 228 g/mol. The summed E-state index contributed by atoms with van der Waals surface area (Å²) < 4.78 is 26.2. The van der Waals surface area contributed by atoms with Crippen LogP contribution in [0.25, 0.3) is 0 Å². The number of allylic oxidation sites excluding steroid dienone is 4. The molecule has 0 aliphatic heterocycles. The SMILES string of the molecule is CC.CC1(C2=CC(F)=C(F)CCC2)CCC1. The van der Waals surface area contributed by atoms with Crippen molar-refractivity contribution in [3.8, 4) is 0 Å². The van der Waals surface area contributed by atoms with E-state index in [4.69, 9.17) is 0 Å². The molecule has 1 fully saturated rings. The molecule has 0 saturated heterocycles. The van der Waals surface area contributed by atoms with Crippen molar-refractivity contribution in [1.82, 2.24) is 0 Å². The van der Waals surface area contributed by atoms with Gasteiger partial charge in [-0.05, 0) is 37.2 Å². The maximum Gasteiger partial charge on any atom is 0.154 e. The third-order valence-corrected chi connectivity index (χ3v) is 3.63. The molecule has 1 saturated carbocycles. The summed E-state index contributed by atoms with van der Waals surface area (Å²) in [6.07, 6.45) is 6.81. The first-order valence-corrected chi connectivity index (χ1v) is 6.37. The van der Waals surface area contributed by atoms with Gasteiger partial charge in [0.15, 0.2) is 5.83 Å². The van der Waals surface area contributed by atoms with Gasteiger partial charge in [-0.1, -0.05) is 32.8 Å². The summed E-state index contributed by atoms with van der Waals surface area (Å²) in [6.45, 7) is 6.17. The van der Waals surface area contributed by atoms with E-state index in [9.17, 15) is 8.78 Å². The van der Waals surface area contributed by atoms with Crippen LogP contribution in [0, 0.1) is 5.41 Å². The van der Waals surface area contributed by atoms with Gasteiger partial charge in [0.1, 0.15) is 5.83 Å². The fraction of sp³-hybridized carbons (Fsp3) is 0.714. The standard InChI is InChI=1S/C12H16F2.C2H6/c1-12(6-3-7-12)9-4-2-5-10(13)11(14)8-9;1-2/h8H,2-7H2,1H3;1-2H3. The van der Waals surface area contributed by atoms with E-state index >= 15 is 0 Å². The molecule has 0 atom stereocenters. The van der Waals surface area contributed by atoms with Crippen molar-refractivity contribution in [3.63, 3.8) is 0 Å². The van der Waals surface area contributed by atoms with Gasteiger partial charge in [-0.3, -0.25) is 0 Å². The van der Waals surface area contributed by atoms with Crippen molar-refractivity contribution in [1.29, 1.82) is 0 Å². The Morgan fingerprint density at radius 1 is 1.06 bits per heavy atom. The lowest BCUT2D eigenvalue weighted by Gasteiger charge is -2.40. The first kappa shape index (κ1) is 13.4. The van der Waals surface area contributed by atoms with Crippen molar-refractivity contribution in [2.75, 3.05) is 0 Å². The zero-order valence-corrected chi connectivity index (χ0v) is 10.6. The smallest absolute Gasteiger partial charge is 0.154 e. The third kappa shape index (κ3) is 2.72. The summed E-state index contributed by atoms with van der Waals surface area (Å²) in [6, 6.07) is 0. The van der Waals surface area contributed by atoms with Gasteiger partial charge in [0.05, 0.1) is 0 Å². The van der Waals surface area contributed by atoms with Crippen LogP contribution in [0.3, 0.4) is 0 Å². The molecule has 2 rings (SSSR count). The first-order valence-electron chi connectivity index (χ1n) is 6.37. The Morgan fingerprint density at radius 2 is 1.69 bits per heavy atom. The topological polar surface area (TPSA) is 0 Å². The van der Waals surface area contributed by atoms with Gasteiger partial charge >= 0.3 is 0 Å². The Morgan fingerprint density at radius 3 is 2.19 bits per heavy atom. The Labute approximate surface area is 97.4 Å². The molecule has 16 heavy (non-hydrogen) atoms. The number of halogens is 2. The Bertz CT molecular complexity index is 296. The van der Waals surface area contributed by atoms with Crippen LogP contribution < -0.4 is 0 Å². The summed E-state index contributed by atoms with van der Waals surface area (Å²) in [4.78, 5) is 0. The van der Waals surface area contributed by atoms with E-state index in [0.717, 1.165) is 31.3 Å². The van der Waals surface area contributed by atoms with Crippen LogP contribution in [0.4, 0.5) is 8.78 Å². The molecule has 0 radical (unpaired) electrons. The van der Waals surface area contributed by atoms with Gasteiger partial charge in [0, 0.05) is 6.42 Å². The predicted molar refractivity (Wildman–Crippen MR) is 64.5 cm³/mol. The zero-order chi connectivity index (χ0) is 12.2. The van der Waals surface area contributed by atoms with E-state index in [2.05, 4.69) is 6.92 Å². The van der Waals surface area contributed by atoms with E-state index in [-0.39, 0.29) is 11.8 Å². The van der Waals surface area contributed by atoms with Crippen LogP contribution >= 0.6 is 0 Å². The fourth-order valence-electron chi connectivity index (χ4n) is 2.36. The van der Waals surface area contributed by atoms with Crippen LogP contribution in [0.15, 0.2) is 23.3 Å². The van der Waals surface area contributed by atoms with Gasteiger partial charge in [0.25, 0.3) is 0 Å². The molecule has 0 spiro atoms. The van der Waals surface area contributed by atoms with Crippen molar-refractivity contribution in [2.24, 2.45) is 5.41 Å². The summed E-state index contributed by atoms with van der Waals surface area (Å²) in [5.74, 6) is -1.20. The molecule has 0 nitrogen and oxygen atoms in total. The first-order chi connectivity index (χ1) is 7.62. The Balaban J connectivity index is 0.000000606. The lowest BCUT2D eigenvalue weighted by Crippen LogP contribution is -2.27. The predicted octanol–water partition coefficient (Wildman–Crippen LogP) is 5.46. The molecule has 0 N–H and O–H groups in total. The van der Waals surface area contributed by atoms with Crippen LogP contribution in [-0.4, -0.2) is 0 Å². The van der Waals surface area contributed by atoms with Crippen molar-refractivity contribution >= 4 is 0 Å². The zero-order valence-electron chi connectivity index (χ0n) is 10.6. The van der Waals surface area contributed by atoms with Gasteiger partial charge in [-0.15, -0.1) is 0 Å². The molecule has 2 heteroatoms. The third-order valence-electron chi connectivity index (χ3n) is 3.63. The highest BCUT2D eigenvalue weighted by molar-refractivity contribution is 5.28. The second kappa shape index (κ2) is 5.60. The highest BCUT2D eigenvalue weighted by Crippen LogP contribution is 2.49. The summed E-state index contributed by atoms with van der Waals surface area (Å²) >= 11 is 0. The van der Waals surface area contributed by atoms with Crippen LogP contribution in [0.2, 0.25) is 0 Å². The molecule has 0 aromatic rings. The minimum Gasteiger partial charge on any atom is -0.209 e. The maximum atomic E-state index is 13.2. The maximum absolute atomic E-state index is 13.2. The Kier molecular flexibility index (Phi) is 4.69. The second-order valence-corrected chi connectivity index (χ2v) is 4.69. The van der Waals surface area contributed by atoms with Crippen molar-refractivity contribution < 1.29 is 8.78 Å². The normalized spacial score (nSPS) is 23.7. The van der Waals surface area contributed by atoms with E-state index in [1.54, 1.807) is 0 Å². The van der Waals surface area contributed by atoms with Gasteiger partial charge < -0.3 is 0 Å². The van der Waals surface area contributed by atoms with Crippen molar-refractivity contribution in [2.45, 2.75) is 59.3 Å². The Hall–Kier alpha value is -0.660.